The maximum absolute atomic E-state index is 7.32. The molecule has 0 saturated heterocycles. The molecule has 0 amide bonds. The molecule has 0 N–H and O–H groups in total. The van der Waals surface area contributed by atoms with Crippen LogP contribution in [-0.2, 0) is 46.2 Å². The average Bonchev–Trinajstić information content (AvgIpc) is 2.92. The predicted molar refractivity (Wildman–Crippen MR) is 188 cm³/mol. The summed E-state index contributed by atoms with van der Waals surface area (Å²) in [4.78, 5) is 0. The summed E-state index contributed by atoms with van der Waals surface area (Å²) in [7, 11) is 9.75. The predicted octanol–water partition coefficient (Wildman–Crippen LogP) is 11.3. The van der Waals surface area contributed by atoms with Crippen LogP contribution >= 0.6 is 57.5 Å². The van der Waals surface area contributed by atoms with Gasteiger partial charge in [0, 0.05) is 13.8 Å². The topological polar surface area (TPSA) is 47.6 Å². The molecule has 41 heavy (non-hydrogen) atoms. The molecule has 9 heteroatoms. The molecule has 0 saturated carbocycles. The van der Waals surface area contributed by atoms with E-state index >= 15 is 0 Å². The van der Waals surface area contributed by atoms with Crippen LogP contribution in [0.2, 0.25) is 0 Å². The van der Waals surface area contributed by atoms with Gasteiger partial charge in [-0.05, 0) is 51.4 Å². The minimum absolute atomic E-state index is 0.0186. The molecule has 236 valence electrons. The second kappa shape index (κ2) is 44.9. The summed E-state index contributed by atoms with van der Waals surface area (Å²) < 4.78 is 2.96. The first-order chi connectivity index (χ1) is 20.1. The van der Waals surface area contributed by atoms with E-state index in [1.165, 1.54) is 73.1 Å². The van der Waals surface area contributed by atoms with Crippen molar-refractivity contribution in [2.24, 2.45) is 0 Å². The number of hydrogen-bond donors (Lipinski definition) is 0. The first-order valence-corrected chi connectivity index (χ1v) is 33.5. The molecular formula is C32H40Cl2I2N2Pt3. The monoisotopic (exact) mass is 1360 g/mol. The van der Waals surface area contributed by atoms with Crippen molar-refractivity contribution in [1.29, 1.82) is 10.5 Å². The number of allylic oxidation sites excluding steroid dienone is 8. The summed E-state index contributed by atoms with van der Waals surface area (Å²) in [6.45, 7) is 2.86. The van der Waals surface area contributed by atoms with Crippen LogP contribution in [0, 0.1) is 22.7 Å². The van der Waals surface area contributed by atoms with Crippen molar-refractivity contribution in [3.8, 4) is 12.1 Å². The summed E-state index contributed by atoms with van der Waals surface area (Å²) in [5.41, 5.74) is 0. The van der Waals surface area contributed by atoms with Gasteiger partial charge >= 0.3 is 172 Å². The van der Waals surface area contributed by atoms with Crippen molar-refractivity contribution in [1.82, 2.24) is 0 Å². The Labute approximate surface area is 304 Å². The second-order valence-electron chi connectivity index (χ2n) is 7.33. The van der Waals surface area contributed by atoms with Gasteiger partial charge in [-0.25, -0.2) is 0 Å². The van der Waals surface area contributed by atoms with Crippen molar-refractivity contribution in [2.75, 3.05) is 0 Å². The Kier molecular flexibility index (Phi) is 50.3. The van der Waals surface area contributed by atoms with Gasteiger partial charge in [0.25, 0.3) is 0 Å². The van der Waals surface area contributed by atoms with Crippen LogP contribution in [0.4, 0.5) is 0 Å². The summed E-state index contributed by atoms with van der Waals surface area (Å²) in [5.74, 6) is 0. The molecule has 2 aromatic carbocycles. The molecule has 0 radical (unpaired) electrons. The summed E-state index contributed by atoms with van der Waals surface area (Å²) >= 11 is 4.84. The average molecular weight is 1360 g/mol. The van der Waals surface area contributed by atoms with E-state index in [2.05, 4.69) is 148 Å². The Hall–Kier alpha value is 0.485. The molecule has 2 nitrogen and oxygen atoms in total. The summed E-state index contributed by atoms with van der Waals surface area (Å²) in [6, 6.07) is 24.9. The van der Waals surface area contributed by atoms with E-state index < -0.39 is 16.5 Å². The van der Waals surface area contributed by atoms with Crippen LogP contribution in [-0.4, -0.2) is 0 Å². The number of benzene rings is 2. The third kappa shape index (κ3) is 45.0. The molecule has 4 rings (SSSR count). The zero-order valence-corrected chi connectivity index (χ0v) is 36.0. The zero-order chi connectivity index (χ0) is 31.1. The fraction of sp³-hybridized carbons (Fsp3) is 0.312. The molecule has 0 atom stereocenters. The van der Waals surface area contributed by atoms with Gasteiger partial charge in [0.15, 0.2) is 0 Å². The SMILES string of the molecule is C1=C\CC/C=C\CC/1.C1=C\CC/C=C\CC/1.CC#N.CC#N.[Cl][Pt][Cl].[I][Pt][I].c1cc[c]([Pt][c]2ccccc2)cc1. The van der Waals surface area contributed by atoms with Crippen LogP contribution in [0.25, 0.3) is 0 Å². The molecule has 0 fully saturated rings. The number of rotatable bonds is 2. The van der Waals surface area contributed by atoms with Crippen LogP contribution in [0.1, 0.15) is 65.2 Å². The Morgan fingerprint density at radius 2 is 0.707 bits per heavy atom. The van der Waals surface area contributed by atoms with Crippen molar-refractivity contribution in [3.05, 3.63) is 109 Å². The van der Waals surface area contributed by atoms with Gasteiger partial charge in [0.05, 0.1) is 12.1 Å². The molecule has 0 bridgehead atoms. The van der Waals surface area contributed by atoms with E-state index in [1.807, 2.05) is 0 Å². The van der Waals surface area contributed by atoms with Gasteiger partial charge in [-0.3, -0.25) is 0 Å². The molecule has 0 aromatic heterocycles. The molecule has 2 aliphatic rings. The number of nitriles is 2. The number of halogens is 4. The fourth-order valence-electron chi connectivity index (χ4n) is 2.73. The van der Waals surface area contributed by atoms with E-state index in [4.69, 9.17) is 29.4 Å². The van der Waals surface area contributed by atoms with Crippen molar-refractivity contribution >= 4 is 65.4 Å². The van der Waals surface area contributed by atoms with Gasteiger partial charge in [0.2, 0.25) is 0 Å². The van der Waals surface area contributed by atoms with Crippen molar-refractivity contribution in [3.63, 3.8) is 0 Å². The molecule has 0 aliphatic heterocycles. The third-order valence-corrected chi connectivity index (χ3v) is 7.10. The Morgan fingerprint density at radius 1 is 0.537 bits per heavy atom. The Balaban J connectivity index is -0.000000454. The summed E-state index contributed by atoms with van der Waals surface area (Å²) in [5, 5.41) is 14.6. The molecule has 0 heterocycles. The maximum atomic E-state index is 7.32. The molecule has 0 spiro atoms. The molecule has 2 aliphatic carbocycles. The van der Waals surface area contributed by atoms with Crippen molar-refractivity contribution < 1.29 is 46.2 Å². The first-order valence-electron chi connectivity index (χ1n) is 12.7. The van der Waals surface area contributed by atoms with Crippen LogP contribution < -0.4 is 7.91 Å². The van der Waals surface area contributed by atoms with Crippen LogP contribution in [0.5, 0.6) is 0 Å². The standard InChI is InChI=1S/2C8H12.2C6H5.2C2H3N.2ClH.2HI.3Pt/c2*1-2-4-6-8-7-5-3-1;2*1-2-4-6-5-3-1;2*1-2-3;;;;;;;/h2*1-2,7-8H,3-6H2;2*1-5H;2*1H3;4*1H;;;/q;;;;;;;;;;;2*+2/p-4/b2*2-1-,8-7-;;;;;;;;;;;. The number of nitrogens with zero attached hydrogens (tertiary/aromatic N) is 2. The van der Waals surface area contributed by atoms with Gasteiger partial charge in [0.1, 0.15) is 0 Å². The third-order valence-electron chi connectivity index (χ3n) is 4.27. The van der Waals surface area contributed by atoms with Gasteiger partial charge in [-0.2, -0.15) is 10.5 Å². The number of hydrogen-bond acceptors (Lipinski definition) is 2. The first kappa shape index (κ1) is 45.9. The summed E-state index contributed by atoms with van der Waals surface area (Å²) in [6.07, 6.45) is 28.0. The van der Waals surface area contributed by atoms with E-state index in [9.17, 15) is 0 Å². The molecule has 0 unspecified atom stereocenters. The van der Waals surface area contributed by atoms with Gasteiger partial charge < -0.3 is 0 Å². The Morgan fingerprint density at radius 3 is 0.878 bits per heavy atom. The zero-order valence-electron chi connectivity index (χ0n) is 23.4. The van der Waals surface area contributed by atoms with E-state index in [0.29, 0.717) is 11.2 Å². The van der Waals surface area contributed by atoms with E-state index in [-0.39, 0.29) is 18.6 Å². The van der Waals surface area contributed by atoms with Crippen LogP contribution in [0.15, 0.2) is 109 Å². The van der Waals surface area contributed by atoms with Crippen LogP contribution in [0.3, 0.4) is 0 Å². The van der Waals surface area contributed by atoms with E-state index in [1.54, 1.807) is 12.1 Å². The van der Waals surface area contributed by atoms with Gasteiger partial charge in [-0.15, -0.1) is 0 Å². The Bertz CT molecular complexity index is 844. The quantitative estimate of drug-likeness (QED) is 0.222. The normalized spacial score (nSPS) is 15.6. The van der Waals surface area contributed by atoms with Gasteiger partial charge in [-0.1, -0.05) is 48.6 Å². The molecule has 2 aromatic rings. The van der Waals surface area contributed by atoms with E-state index in [0.717, 1.165) is 0 Å². The fourth-order valence-corrected chi connectivity index (χ4v) is 5.12. The minimum atomic E-state index is -0.472. The van der Waals surface area contributed by atoms with Crippen molar-refractivity contribution in [2.45, 2.75) is 65.2 Å². The molecular weight excluding hydrogens is 1320 g/mol. The second-order valence-corrected chi connectivity index (χ2v) is 30.4.